The second-order valence-electron chi connectivity index (χ2n) is 9.23. The van der Waals surface area contributed by atoms with Gasteiger partial charge >= 0.3 is 7.12 Å². The van der Waals surface area contributed by atoms with Crippen LogP contribution in [0.2, 0.25) is 0 Å². The zero-order chi connectivity index (χ0) is 21.8. The molecule has 1 saturated carbocycles. The summed E-state index contributed by atoms with van der Waals surface area (Å²) in [5.41, 5.74) is 2.18. The first-order valence-electron chi connectivity index (χ1n) is 11.0. The Bertz CT molecular complexity index is 736. The molecule has 4 N–H and O–H groups in total. The SMILES string of the molecule is Cc1ccc(N2CC[C@H]2C(=O)N[C@@H](CC2CC2)C(=O)N[C@@H](CC(C)C)B(O)O)cc1. The minimum absolute atomic E-state index is 0.146. The Balaban J connectivity index is 1.63. The average Bonchev–Trinajstić information content (AvgIpc) is 3.45. The van der Waals surface area contributed by atoms with Crippen molar-refractivity contribution in [2.75, 3.05) is 11.4 Å². The monoisotopic (exact) mass is 415 g/mol. The number of benzene rings is 1. The van der Waals surface area contributed by atoms with E-state index in [0.717, 1.165) is 31.5 Å². The summed E-state index contributed by atoms with van der Waals surface area (Å²) in [6, 6.07) is 7.16. The molecule has 0 spiro atoms. The summed E-state index contributed by atoms with van der Waals surface area (Å²) < 4.78 is 0. The van der Waals surface area contributed by atoms with Gasteiger partial charge in [-0.15, -0.1) is 0 Å². The minimum atomic E-state index is -1.63. The van der Waals surface area contributed by atoms with Crippen molar-refractivity contribution in [1.82, 2.24) is 10.6 Å². The maximum Gasteiger partial charge on any atom is 0.475 e. The van der Waals surface area contributed by atoms with Gasteiger partial charge in [-0.05, 0) is 50.2 Å². The number of hydrogen-bond donors (Lipinski definition) is 4. The van der Waals surface area contributed by atoms with Crippen LogP contribution in [0.25, 0.3) is 0 Å². The third-order valence-corrected chi connectivity index (χ3v) is 6.00. The van der Waals surface area contributed by atoms with Gasteiger partial charge < -0.3 is 25.6 Å². The number of rotatable bonds is 10. The largest absolute Gasteiger partial charge is 0.475 e. The fraction of sp³-hybridized carbons (Fsp3) is 0.636. The van der Waals surface area contributed by atoms with Crippen molar-refractivity contribution in [1.29, 1.82) is 0 Å². The maximum absolute atomic E-state index is 13.0. The summed E-state index contributed by atoms with van der Waals surface area (Å²) in [7, 11) is -1.63. The molecule has 0 bridgehead atoms. The van der Waals surface area contributed by atoms with Crippen LogP contribution >= 0.6 is 0 Å². The highest BCUT2D eigenvalue weighted by Crippen LogP contribution is 2.34. The van der Waals surface area contributed by atoms with Crippen LogP contribution in [0.1, 0.15) is 51.5 Å². The van der Waals surface area contributed by atoms with Gasteiger partial charge in [-0.2, -0.15) is 0 Å². The molecule has 3 atom stereocenters. The van der Waals surface area contributed by atoms with E-state index in [1.165, 1.54) is 5.56 Å². The summed E-state index contributed by atoms with van der Waals surface area (Å²) in [4.78, 5) is 27.9. The fourth-order valence-electron chi connectivity index (χ4n) is 3.94. The van der Waals surface area contributed by atoms with Gasteiger partial charge in [0.25, 0.3) is 0 Å². The number of amides is 2. The van der Waals surface area contributed by atoms with E-state index in [1.807, 2.05) is 45.0 Å². The second kappa shape index (κ2) is 9.83. The second-order valence-corrected chi connectivity index (χ2v) is 9.23. The molecule has 1 heterocycles. The standard InChI is InChI=1S/C22H34BN3O4/c1-14(2)12-20(23(29)30)25-21(27)18(13-16-6-7-16)24-22(28)19-10-11-26(19)17-8-4-15(3)5-9-17/h4-5,8-9,14,16,18-20,29-30H,6-7,10-13H2,1-3H3,(H,24,28)(H,25,27)/t18-,19-,20-/m0/s1. The van der Waals surface area contributed by atoms with Gasteiger partial charge in [0.1, 0.15) is 12.1 Å². The number of nitrogens with one attached hydrogen (secondary N) is 2. The Labute approximate surface area is 179 Å². The van der Waals surface area contributed by atoms with Gasteiger partial charge in [-0.3, -0.25) is 9.59 Å². The van der Waals surface area contributed by atoms with Crippen molar-refractivity contribution in [3.05, 3.63) is 29.8 Å². The highest BCUT2D eigenvalue weighted by atomic mass is 16.4. The van der Waals surface area contributed by atoms with E-state index in [4.69, 9.17) is 0 Å². The summed E-state index contributed by atoms with van der Waals surface area (Å²) in [5.74, 6) is -0.587. The zero-order valence-electron chi connectivity index (χ0n) is 18.2. The third kappa shape index (κ3) is 5.98. The van der Waals surface area contributed by atoms with Gasteiger partial charge in [-0.25, -0.2) is 0 Å². The Morgan fingerprint density at radius 3 is 2.30 bits per heavy atom. The molecule has 1 aromatic rings. The van der Waals surface area contributed by atoms with E-state index in [2.05, 4.69) is 15.5 Å². The molecule has 1 aromatic carbocycles. The van der Waals surface area contributed by atoms with E-state index < -0.39 is 19.1 Å². The van der Waals surface area contributed by atoms with E-state index in [1.54, 1.807) is 0 Å². The maximum atomic E-state index is 13.0. The number of nitrogens with zero attached hydrogens (tertiary/aromatic N) is 1. The highest BCUT2D eigenvalue weighted by Gasteiger charge is 2.38. The fourth-order valence-corrected chi connectivity index (χ4v) is 3.94. The lowest BCUT2D eigenvalue weighted by atomic mass is 9.75. The van der Waals surface area contributed by atoms with Crippen molar-refractivity contribution in [3.8, 4) is 0 Å². The predicted octanol–water partition coefficient (Wildman–Crippen LogP) is 1.40. The number of anilines is 1. The van der Waals surface area contributed by atoms with Gasteiger partial charge in [-0.1, -0.05) is 44.4 Å². The molecule has 1 aliphatic heterocycles. The lowest BCUT2D eigenvalue weighted by Crippen LogP contribution is -2.61. The first-order valence-corrected chi connectivity index (χ1v) is 11.0. The van der Waals surface area contributed by atoms with Crippen LogP contribution in [0.4, 0.5) is 5.69 Å². The molecular weight excluding hydrogens is 381 g/mol. The minimum Gasteiger partial charge on any atom is -0.426 e. The normalized spacial score (nSPS) is 20.3. The van der Waals surface area contributed by atoms with Crippen LogP contribution in [0.3, 0.4) is 0 Å². The van der Waals surface area contributed by atoms with Crippen molar-refractivity contribution in [2.24, 2.45) is 11.8 Å². The lowest BCUT2D eigenvalue weighted by molar-refractivity contribution is -0.130. The van der Waals surface area contributed by atoms with Gasteiger partial charge in [0.2, 0.25) is 11.8 Å². The number of hydrogen-bond acceptors (Lipinski definition) is 5. The molecule has 8 heteroatoms. The lowest BCUT2D eigenvalue weighted by Gasteiger charge is -2.42. The summed E-state index contributed by atoms with van der Waals surface area (Å²) >= 11 is 0. The Hall–Kier alpha value is -2.06. The van der Waals surface area contributed by atoms with E-state index in [9.17, 15) is 19.6 Å². The van der Waals surface area contributed by atoms with Crippen LogP contribution < -0.4 is 15.5 Å². The Morgan fingerprint density at radius 1 is 1.13 bits per heavy atom. The molecule has 30 heavy (non-hydrogen) atoms. The van der Waals surface area contributed by atoms with E-state index in [0.29, 0.717) is 18.8 Å². The molecule has 164 valence electrons. The molecule has 1 aliphatic carbocycles. The first kappa shape index (κ1) is 22.6. The summed E-state index contributed by atoms with van der Waals surface area (Å²) in [6.07, 6.45) is 3.93. The quantitative estimate of drug-likeness (QED) is 0.433. The molecule has 2 amide bonds. The molecule has 0 aromatic heterocycles. The van der Waals surface area contributed by atoms with Crippen molar-refractivity contribution >= 4 is 24.6 Å². The molecular formula is C22H34BN3O4. The van der Waals surface area contributed by atoms with Gasteiger partial charge in [0.05, 0.1) is 5.94 Å². The van der Waals surface area contributed by atoms with Crippen LogP contribution in [-0.4, -0.2) is 53.6 Å². The molecule has 1 saturated heterocycles. The Kier molecular flexibility index (Phi) is 7.42. The molecule has 3 rings (SSSR count). The topological polar surface area (TPSA) is 102 Å². The zero-order valence-corrected chi connectivity index (χ0v) is 18.2. The predicted molar refractivity (Wildman–Crippen MR) is 118 cm³/mol. The molecule has 2 fully saturated rings. The van der Waals surface area contributed by atoms with E-state index >= 15 is 0 Å². The third-order valence-electron chi connectivity index (χ3n) is 6.00. The van der Waals surface area contributed by atoms with Crippen molar-refractivity contribution in [3.63, 3.8) is 0 Å². The number of aryl methyl sites for hydroxylation is 1. The van der Waals surface area contributed by atoms with Crippen LogP contribution in [0, 0.1) is 18.8 Å². The van der Waals surface area contributed by atoms with Crippen molar-refractivity contribution in [2.45, 2.75) is 70.9 Å². The smallest absolute Gasteiger partial charge is 0.426 e. The van der Waals surface area contributed by atoms with Gasteiger partial charge in [0, 0.05) is 12.2 Å². The molecule has 0 unspecified atom stereocenters. The van der Waals surface area contributed by atoms with Crippen LogP contribution in [0.15, 0.2) is 24.3 Å². The Morgan fingerprint density at radius 2 is 1.80 bits per heavy atom. The van der Waals surface area contributed by atoms with E-state index in [-0.39, 0.29) is 23.8 Å². The van der Waals surface area contributed by atoms with Crippen LogP contribution in [0.5, 0.6) is 0 Å². The number of carbonyl (C=O) groups is 2. The summed E-state index contributed by atoms with van der Waals surface area (Å²) in [5, 5.41) is 24.9. The molecule has 0 radical (unpaired) electrons. The molecule has 7 nitrogen and oxygen atoms in total. The van der Waals surface area contributed by atoms with Crippen molar-refractivity contribution < 1.29 is 19.6 Å². The first-order chi connectivity index (χ1) is 14.2. The summed E-state index contributed by atoms with van der Waals surface area (Å²) in [6.45, 7) is 6.76. The number of carbonyl (C=O) groups excluding carboxylic acids is 2. The molecule has 2 aliphatic rings. The van der Waals surface area contributed by atoms with Crippen LogP contribution in [-0.2, 0) is 9.59 Å². The average molecular weight is 415 g/mol. The highest BCUT2D eigenvalue weighted by molar-refractivity contribution is 6.43. The van der Waals surface area contributed by atoms with Gasteiger partial charge in [0.15, 0.2) is 0 Å².